The molecule has 0 aromatic carbocycles. The van der Waals surface area contributed by atoms with E-state index in [4.69, 9.17) is 0 Å². The van der Waals surface area contributed by atoms with Crippen LogP contribution >= 0.6 is 0 Å². The fourth-order valence-electron chi connectivity index (χ4n) is 1.17. The van der Waals surface area contributed by atoms with Gasteiger partial charge in [0.05, 0.1) is 20.1 Å². The lowest BCUT2D eigenvalue weighted by Gasteiger charge is -2.28. The Bertz CT molecular complexity index is 97.1. The fraction of sp³-hybridized carbons (Fsp3) is 1.00. The molecule has 0 bridgehead atoms. The summed E-state index contributed by atoms with van der Waals surface area (Å²) in [6.07, 6.45) is 2.60. The molecule has 0 radical (unpaired) electrons. The molecule has 1 aliphatic carbocycles. The Morgan fingerprint density at radius 1 is 1.44 bits per heavy atom. The van der Waals surface area contributed by atoms with E-state index in [9.17, 15) is 4.39 Å². The number of hydrogen-bond acceptors (Lipinski definition) is 0. The monoisotopic (exact) mass is 132 g/mol. The summed E-state index contributed by atoms with van der Waals surface area (Å²) in [5.74, 6) is 0. The Morgan fingerprint density at radius 2 is 2.00 bits per heavy atom. The molecule has 1 fully saturated rings. The second kappa shape index (κ2) is 2.25. The van der Waals surface area contributed by atoms with Crippen LogP contribution in [0.4, 0.5) is 4.39 Å². The van der Waals surface area contributed by atoms with Gasteiger partial charge >= 0.3 is 0 Å². The van der Waals surface area contributed by atoms with Crippen molar-refractivity contribution in [2.45, 2.75) is 18.9 Å². The van der Waals surface area contributed by atoms with Gasteiger partial charge in [-0.15, -0.1) is 0 Å². The molecule has 0 aromatic rings. The third kappa shape index (κ3) is 1.65. The third-order valence-corrected chi connectivity index (χ3v) is 2.20. The molecule has 0 aliphatic heterocycles. The first kappa shape index (κ1) is 7.00. The Morgan fingerprint density at radius 3 is 2.33 bits per heavy atom. The smallest absolute Gasteiger partial charge is 0.138 e. The molecule has 0 saturated heterocycles. The molecule has 1 aliphatic rings. The molecule has 0 amide bonds. The summed E-state index contributed by atoms with van der Waals surface area (Å²) in [7, 11) is 4.22. The van der Waals surface area contributed by atoms with E-state index in [1.165, 1.54) is 12.8 Å². The average molecular weight is 132 g/mol. The van der Waals surface area contributed by atoms with Crippen molar-refractivity contribution in [1.29, 1.82) is 0 Å². The molecular formula is C7H15FN+. The molecule has 1 rings (SSSR count). The molecule has 0 unspecified atom stereocenters. The van der Waals surface area contributed by atoms with Crippen LogP contribution in [0, 0.1) is 0 Å². The highest BCUT2D eigenvalue weighted by Gasteiger charge is 2.37. The van der Waals surface area contributed by atoms with E-state index in [2.05, 4.69) is 14.1 Å². The van der Waals surface area contributed by atoms with E-state index >= 15 is 0 Å². The maximum atomic E-state index is 11.9. The minimum absolute atomic E-state index is 0.177. The molecule has 0 spiro atoms. The van der Waals surface area contributed by atoms with Crippen molar-refractivity contribution in [2.24, 2.45) is 0 Å². The van der Waals surface area contributed by atoms with E-state index in [1.807, 2.05) is 0 Å². The highest BCUT2D eigenvalue weighted by atomic mass is 19.1. The highest BCUT2D eigenvalue weighted by Crippen LogP contribution is 2.29. The summed E-state index contributed by atoms with van der Waals surface area (Å²) in [6.45, 7) is 0.508. The van der Waals surface area contributed by atoms with Gasteiger partial charge in [0.2, 0.25) is 0 Å². The van der Waals surface area contributed by atoms with Gasteiger partial charge in [0.25, 0.3) is 0 Å². The van der Waals surface area contributed by atoms with Crippen LogP contribution < -0.4 is 0 Å². The molecule has 1 nitrogen and oxygen atoms in total. The number of rotatable bonds is 3. The third-order valence-electron chi connectivity index (χ3n) is 2.20. The second-order valence-corrected chi connectivity index (χ2v) is 3.42. The van der Waals surface area contributed by atoms with E-state index < -0.39 is 0 Å². The molecule has 1 saturated carbocycles. The maximum absolute atomic E-state index is 11.9. The van der Waals surface area contributed by atoms with Crippen LogP contribution in [-0.2, 0) is 0 Å². The van der Waals surface area contributed by atoms with Crippen molar-refractivity contribution in [3.8, 4) is 0 Å². The zero-order valence-corrected chi connectivity index (χ0v) is 6.23. The summed E-state index contributed by atoms with van der Waals surface area (Å²) in [6, 6.07) is 0.765. The predicted molar refractivity (Wildman–Crippen MR) is 36.0 cm³/mol. The van der Waals surface area contributed by atoms with Crippen molar-refractivity contribution in [3.05, 3.63) is 0 Å². The Balaban J connectivity index is 2.30. The first-order valence-corrected chi connectivity index (χ1v) is 3.55. The van der Waals surface area contributed by atoms with Crippen LogP contribution in [0.2, 0.25) is 0 Å². The lowest BCUT2D eigenvalue weighted by Crippen LogP contribution is -2.43. The molecule has 0 heterocycles. The predicted octanol–water partition coefficient (Wildman–Crippen LogP) is 1.19. The van der Waals surface area contributed by atoms with Gasteiger partial charge in [0.1, 0.15) is 13.2 Å². The highest BCUT2D eigenvalue weighted by molar-refractivity contribution is 4.73. The topological polar surface area (TPSA) is 0 Å². The normalized spacial score (nSPS) is 20.3. The molecule has 9 heavy (non-hydrogen) atoms. The van der Waals surface area contributed by atoms with Gasteiger partial charge in [0.15, 0.2) is 0 Å². The van der Waals surface area contributed by atoms with Crippen LogP contribution in [0.15, 0.2) is 0 Å². The minimum Gasteiger partial charge on any atom is -0.324 e. The van der Waals surface area contributed by atoms with Crippen LogP contribution in [0.1, 0.15) is 12.8 Å². The zero-order valence-electron chi connectivity index (χ0n) is 6.23. The summed E-state index contributed by atoms with van der Waals surface area (Å²) >= 11 is 0. The largest absolute Gasteiger partial charge is 0.324 e. The van der Waals surface area contributed by atoms with E-state index in [-0.39, 0.29) is 6.67 Å². The molecule has 54 valence electrons. The van der Waals surface area contributed by atoms with Gasteiger partial charge < -0.3 is 4.48 Å². The van der Waals surface area contributed by atoms with Crippen LogP contribution in [-0.4, -0.2) is 37.8 Å². The van der Waals surface area contributed by atoms with E-state index in [0.717, 1.165) is 10.5 Å². The van der Waals surface area contributed by atoms with Gasteiger partial charge in [-0.25, -0.2) is 4.39 Å². The first-order chi connectivity index (χ1) is 4.17. The summed E-state index contributed by atoms with van der Waals surface area (Å²) in [5, 5.41) is 0. The molecule has 2 heteroatoms. The van der Waals surface area contributed by atoms with Crippen molar-refractivity contribution in [2.75, 3.05) is 27.3 Å². The second-order valence-electron chi connectivity index (χ2n) is 3.42. The minimum atomic E-state index is -0.177. The Labute approximate surface area is 56.1 Å². The summed E-state index contributed by atoms with van der Waals surface area (Å²) in [4.78, 5) is 0. The van der Waals surface area contributed by atoms with Crippen LogP contribution in [0.25, 0.3) is 0 Å². The lowest BCUT2D eigenvalue weighted by molar-refractivity contribution is -0.900. The summed E-state index contributed by atoms with van der Waals surface area (Å²) in [5.41, 5.74) is 0. The SMILES string of the molecule is C[N+](C)(CCF)C1CC1. The number of hydrogen-bond donors (Lipinski definition) is 0. The standard InChI is InChI=1S/C7H15FN/c1-9(2,6-5-8)7-3-4-7/h7H,3-6H2,1-2H3/q+1. The van der Waals surface area contributed by atoms with Crippen LogP contribution in [0.3, 0.4) is 0 Å². The zero-order chi connectivity index (χ0) is 6.91. The number of nitrogens with zero attached hydrogens (tertiary/aromatic N) is 1. The molecular weight excluding hydrogens is 117 g/mol. The maximum Gasteiger partial charge on any atom is 0.138 e. The lowest BCUT2D eigenvalue weighted by atomic mass is 10.4. The van der Waals surface area contributed by atoms with Gasteiger partial charge in [-0.1, -0.05) is 0 Å². The number of alkyl halides is 1. The first-order valence-electron chi connectivity index (χ1n) is 3.55. The van der Waals surface area contributed by atoms with Crippen molar-refractivity contribution < 1.29 is 8.87 Å². The molecule has 0 N–H and O–H groups in total. The van der Waals surface area contributed by atoms with Crippen molar-refractivity contribution >= 4 is 0 Å². The van der Waals surface area contributed by atoms with Gasteiger partial charge in [0, 0.05) is 12.8 Å². The molecule has 0 aromatic heterocycles. The van der Waals surface area contributed by atoms with Crippen molar-refractivity contribution in [3.63, 3.8) is 0 Å². The van der Waals surface area contributed by atoms with Gasteiger partial charge in [-0.05, 0) is 0 Å². The van der Waals surface area contributed by atoms with Crippen molar-refractivity contribution in [1.82, 2.24) is 0 Å². The Hall–Kier alpha value is -0.110. The summed E-state index contributed by atoms with van der Waals surface area (Å²) < 4.78 is 12.7. The van der Waals surface area contributed by atoms with E-state index in [1.54, 1.807) is 0 Å². The number of halogens is 1. The fourth-order valence-corrected chi connectivity index (χ4v) is 1.17. The van der Waals surface area contributed by atoms with Gasteiger partial charge in [-0.2, -0.15) is 0 Å². The van der Waals surface area contributed by atoms with Crippen LogP contribution in [0.5, 0.6) is 0 Å². The number of quaternary nitrogens is 1. The average Bonchev–Trinajstić information content (AvgIpc) is 2.41. The quantitative estimate of drug-likeness (QED) is 0.506. The molecule has 0 atom stereocenters. The van der Waals surface area contributed by atoms with Gasteiger partial charge in [-0.3, -0.25) is 0 Å². The Kier molecular flexibility index (Phi) is 1.75. The van der Waals surface area contributed by atoms with E-state index in [0.29, 0.717) is 6.54 Å².